The van der Waals surface area contributed by atoms with Crippen molar-refractivity contribution in [2.45, 2.75) is 24.9 Å². The first-order valence-corrected chi connectivity index (χ1v) is 9.82. The summed E-state index contributed by atoms with van der Waals surface area (Å²) in [5.41, 5.74) is 2.64. The molecule has 0 aliphatic rings. The maximum Gasteiger partial charge on any atom is 0.162 e. The summed E-state index contributed by atoms with van der Waals surface area (Å²) < 4.78 is 21.1. The van der Waals surface area contributed by atoms with Crippen LogP contribution in [-0.2, 0) is 22.8 Å². The summed E-state index contributed by atoms with van der Waals surface area (Å²) in [5, 5.41) is 8.87. The lowest BCUT2D eigenvalue weighted by atomic mass is 10.2. The molecule has 126 valence electrons. The molecule has 24 heavy (non-hydrogen) atoms. The quantitative estimate of drug-likeness (QED) is 0.723. The molecule has 0 spiro atoms. The number of fused-ring (bicyclic) bond motifs is 1. The lowest BCUT2D eigenvalue weighted by Gasteiger charge is -2.09. The van der Waals surface area contributed by atoms with Crippen molar-refractivity contribution in [3.63, 3.8) is 0 Å². The SMILES string of the molecule is CCn1nc(Cl)c2c(NCc3ccc([S@](C)(=N)=O)cc3)ccnc21. The molecule has 2 N–H and O–H groups in total. The molecule has 0 saturated heterocycles. The van der Waals surface area contributed by atoms with E-state index >= 15 is 0 Å². The molecule has 0 fully saturated rings. The van der Waals surface area contributed by atoms with Crippen LogP contribution in [0.25, 0.3) is 11.0 Å². The molecule has 1 aromatic carbocycles. The summed E-state index contributed by atoms with van der Waals surface area (Å²) in [7, 11) is -2.68. The predicted octanol–water partition coefficient (Wildman–Crippen LogP) is 3.75. The number of halogens is 1. The normalized spacial score (nSPS) is 13.8. The average molecular weight is 364 g/mol. The van der Waals surface area contributed by atoms with Crippen molar-refractivity contribution in [2.75, 3.05) is 11.6 Å². The second-order valence-corrected chi connectivity index (χ2v) is 8.02. The minimum absolute atomic E-state index is 0.428. The van der Waals surface area contributed by atoms with E-state index in [9.17, 15) is 4.21 Å². The van der Waals surface area contributed by atoms with Crippen molar-refractivity contribution in [1.82, 2.24) is 14.8 Å². The molecular formula is C16H18ClN5OS. The van der Waals surface area contributed by atoms with Crippen LogP contribution in [0.3, 0.4) is 0 Å². The van der Waals surface area contributed by atoms with Gasteiger partial charge in [0.15, 0.2) is 10.8 Å². The number of benzene rings is 1. The Labute approximate surface area is 145 Å². The molecule has 0 saturated carbocycles. The Kier molecular flexibility index (Phi) is 4.47. The number of nitrogens with one attached hydrogen (secondary N) is 2. The highest BCUT2D eigenvalue weighted by Gasteiger charge is 2.13. The van der Waals surface area contributed by atoms with Gasteiger partial charge in [0.1, 0.15) is 0 Å². The zero-order valence-electron chi connectivity index (χ0n) is 13.4. The van der Waals surface area contributed by atoms with Gasteiger partial charge >= 0.3 is 0 Å². The number of hydrogen-bond acceptors (Lipinski definition) is 5. The van der Waals surface area contributed by atoms with Gasteiger partial charge < -0.3 is 5.32 Å². The Hall–Kier alpha value is -2.12. The largest absolute Gasteiger partial charge is 0.380 e. The number of pyridine rings is 1. The van der Waals surface area contributed by atoms with E-state index in [4.69, 9.17) is 16.4 Å². The second kappa shape index (κ2) is 6.41. The number of aryl methyl sites for hydroxylation is 1. The highest BCUT2D eigenvalue weighted by atomic mass is 35.5. The van der Waals surface area contributed by atoms with E-state index in [1.54, 1.807) is 23.0 Å². The molecule has 0 amide bonds. The molecule has 3 aromatic rings. The number of anilines is 1. The first kappa shape index (κ1) is 16.7. The zero-order chi connectivity index (χ0) is 17.3. The maximum absolute atomic E-state index is 11.7. The highest BCUT2D eigenvalue weighted by molar-refractivity contribution is 7.91. The van der Waals surface area contributed by atoms with Crippen LogP contribution >= 0.6 is 11.6 Å². The Balaban J connectivity index is 1.85. The zero-order valence-corrected chi connectivity index (χ0v) is 15.0. The van der Waals surface area contributed by atoms with Crippen LogP contribution < -0.4 is 5.32 Å². The first-order valence-electron chi connectivity index (χ1n) is 7.47. The lowest BCUT2D eigenvalue weighted by molar-refractivity contribution is 0.677. The van der Waals surface area contributed by atoms with Gasteiger partial charge in [-0.2, -0.15) is 5.10 Å². The third-order valence-electron chi connectivity index (χ3n) is 3.75. The Bertz CT molecular complexity index is 980. The summed E-state index contributed by atoms with van der Waals surface area (Å²) >= 11 is 6.25. The minimum atomic E-state index is -2.68. The van der Waals surface area contributed by atoms with Gasteiger partial charge in [-0.25, -0.2) is 18.7 Å². The summed E-state index contributed by atoms with van der Waals surface area (Å²) in [5.74, 6) is 0. The monoisotopic (exact) mass is 363 g/mol. The third kappa shape index (κ3) is 3.22. The predicted molar refractivity (Wildman–Crippen MR) is 97.0 cm³/mol. The number of aromatic nitrogens is 3. The number of nitrogens with zero attached hydrogens (tertiary/aromatic N) is 3. The molecule has 0 aliphatic carbocycles. The van der Waals surface area contributed by atoms with Gasteiger partial charge in [-0.1, -0.05) is 23.7 Å². The van der Waals surface area contributed by atoms with E-state index in [1.807, 2.05) is 25.1 Å². The van der Waals surface area contributed by atoms with Crippen LogP contribution in [0.4, 0.5) is 5.69 Å². The standard InChI is InChI=1S/C16H18ClN5OS/c1-3-22-16-14(15(17)21-22)13(8-9-19-16)20-10-11-4-6-12(7-5-11)24(2,18)23/h4-9,18H,3,10H2,1-2H3,(H,19,20)/t24-/m1/s1. The molecule has 0 bridgehead atoms. The summed E-state index contributed by atoms with van der Waals surface area (Å²) in [6.45, 7) is 3.27. The molecule has 6 nitrogen and oxygen atoms in total. The smallest absolute Gasteiger partial charge is 0.162 e. The van der Waals surface area contributed by atoms with E-state index in [1.165, 1.54) is 6.26 Å². The average Bonchev–Trinajstić information content (AvgIpc) is 2.89. The number of hydrogen-bond donors (Lipinski definition) is 2. The summed E-state index contributed by atoms with van der Waals surface area (Å²) in [4.78, 5) is 4.88. The second-order valence-electron chi connectivity index (χ2n) is 5.50. The molecule has 1 atom stereocenters. The van der Waals surface area contributed by atoms with Gasteiger partial charge in [-0.05, 0) is 30.7 Å². The van der Waals surface area contributed by atoms with E-state index in [-0.39, 0.29) is 0 Å². The van der Waals surface area contributed by atoms with Gasteiger partial charge in [-0.15, -0.1) is 0 Å². The van der Waals surface area contributed by atoms with Gasteiger partial charge in [0.25, 0.3) is 0 Å². The van der Waals surface area contributed by atoms with Crippen molar-refractivity contribution in [1.29, 1.82) is 4.78 Å². The molecule has 2 aromatic heterocycles. The van der Waals surface area contributed by atoms with Crippen molar-refractivity contribution < 1.29 is 4.21 Å². The molecular weight excluding hydrogens is 346 g/mol. The van der Waals surface area contributed by atoms with Crippen molar-refractivity contribution >= 4 is 38.1 Å². The molecule has 0 radical (unpaired) electrons. The molecule has 3 rings (SSSR count). The Morgan fingerprint density at radius 3 is 2.62 bits per heavy atom. The fourth-order valence-electron chi connectivity index (χ4n) is 2.49. The fourth-order valence-corrected chi connectivity index (χ4v) is 3.42. The molecule has 0 aliphatic heterocycles. The highest BCUT2D eigenvalue weighted by Crippen LogP contribution is 2.29. The van der Waals surface area contributed by atoms with Crippen LogP contribution in [0.2, 0.25) is 5.15 Å². The minimum Gasteiger partial charge on any atom is -0.380 e. The fraction of sp³-hybridized carbons (Fsp3) is 0.250. The number of rotatable bonds is 5. The van der Waals surface area contributed by atoms with Gasteiger partial charge in [-0.3, -0.25) is 0 Å². The van der Waals surface area contributed by atoms with Crippen LogP contribution in [0.5, 0.6) is 0 Å². The molecule has 0 unspecified atom stereocenters. The molecule has 8 heteroatoms. The van der Waals surface area contributed by atoms with Gasteiger partial charge in [0.2, 0.25) is 0 Å². The summed E-state index contributed by atoms with van der Waals surface area (Å²) in [6.07, 6.45) is 3.14. The van der Waals surface area contributed by atoms with Crippen LogP contribution in [0, 0.1) is 4.78 Å². The topological polar surface area (TPSA) is 83.7 Å². The Morgan fingerprint density at radius 2 is 2.00 bits per heavy atom. The van der Waals surface area contributed by atoms with E-state index in [0.29, 0.717) is 23.1 Å². The maximum atomic E-state index is 11.7. The van der Waals surface area contributed by atoms with E-state index in [0.717, 1.165) is 22.3 Å². The van der Waals surface area contributed by atoms with Crippen molar-refractivity contribution in [3.8, 4) is 0 Å². The van der Waals surface area contributed by atoms with Gasteiger partial charge in [0.05, 0.1) is 20.8 Å². The van der Waals surface area contributed by atoms with E-state index < -0.39 is 9.73 Å². The van der Waals surface area contributed by atoms with Crippen molar-refractivity contribution in [3.05, 3.63) is 47.2 Å². The first-order chi connectivity index (χ1) is 11.4. The van der Waals surface area contributed by atoms with Crippen LogP contribution in [0.15, 0.2) is 41.4 Å². The van der Waals surface area contributed by atoms with E-state index in [2.05, 4.69) is 15.4 Å². The van der Waals surface area contributed by atoms with Crippen LogP contribution in [0.1, 0.15) is 12.5 Å². The van der Waals surface area contributed by atoms with Crippen LogP contribution in [-0.4, -0.2) is 25.2 Å². The third-order valence-corrected chi connectivity index (χ3v) is 5.18. The lowest BCUT2D eigenvalue weighted by Crippen LogP contribution is -2.02. The van der Waals surface area contributed by atoms with Gasteiger partial charge in [0, 0.05) is 30.4 Å². The van der Waals surface area contributed by atoms with Crippen molar-refractivity contribution in [2.24, 2.45) is 0 Å². The Morgan fingerprint density at radius 1 is 1.29 bits per heavy atom. The molecule has 2 heterocycles. The summed E-state index contributed by atoms with van der Waals surface area (Å²) in [6, 6.07) is 9.07.